The van der Waals surface area contributed by atoms with Gasteiger partial charge < -0.3 is 0 Å². The minimum absolute atomic E-state index is 0.0536. The molecule has 23 heavy (non-hydrogen) atoms. The SMILES string of the molecule is Cc1nn(Cc2cc(=O)n3[nH]cc(C#N)c3n2)c(C)c1[N+](=O)[O-]. The highest BCUT2D eigenvalue weighted by molar-refractivity contribution is 5.53. The number of aromatic nitrogens is 5. The average molecular weight is 313 g/mol. The fraction of sp³-hybridized carbons (Fsp3) is 0.231. The van der Waals surface area contributed by atoms with E-state index in [-0.39, 0.29) is 29.0 Å². The largest absolute Gasteiger partial charge is 0.312 e. The first-order valence-corrected chi connectivity index (χ1v) is 6.61. The molecular weight excluding hydrogens is 302 g/mol. The topological polar surface area (TPSA) is 135 Å². The Balaban J connectivity index is 2.09. The van der Waals surface area contributed by atoms with Crippen molar-refractivity contribution in [2.75, 3.05) is 0 Å². The molecule has 0 unspecified atom stereocenters. The summed E-state index contributed by atoms with van der Waals surface area (Å²) in [5.74, 6) is 0. The first-order chi connectivity index (χ1) is 10.9. The molecule has 10 heteroatoms. The smallest absolute Gasteiger partial charge is 0.295 e. The van der Waals surface area contributed by atoms with Crippen molar-refractivity contribution >= 4 is 11.3 Å². The van der Waals surface area contributed by atoms with Crippen LogP contribution in [-0.4, -0.2) is 29.3 Å². The predicted molar refractivity (Wildman–Crippen MR) is 78.0 cm³/mol. The van der Waals surface area contributed by atoms with Gasteiger partial charge in [0.1, 0.15) is 23.0 Å². The summed E-state index contributed by atoms with van der Waals surface area (Å²) in [6.45, 7) is 3.23. The van der Waals surface area contributed by atoms with E-state index in [0.29, 0.717) is 17.1 Å². The maximum atomic E-state index is 12.0. The van der Waals surface area contributed by atoms with Crippen LogP contribution < -0.4 is 5.56 Å². The third-order valence-electron chi connectivity index (χ3n) is 3.51. The van der Waals surface area contributed by atoms with E-state index in [4.69, 9.17) is 5.26 Å². The number of aryl methyl sites for hydroxylation is 1. The summed E-state index contributed by atoms with van der Waals surface area (Å²) in [7, 11) is 0. The van der Waals surface area contributed by atoms with Gasteiger partial charge in [-0.15, -0.1) is 0 Å². The Labute approximate surface area is 128 Å². The molecule has 0 fully saturated rings. The number of hydrogen-bond acceptors (Lipinski definition) is 6. The molecule has 0 spiro atoms. The highest BCUT2D eigenvalue weighted by atomic mass is 16.6. The summed E-state index contributed by atoms with van der Waals surface area (Å²) in [6.07, 6.45) is 1.39. The van der Waals surface area contributed by atoms with E-state index >= 15 is 0 Å². The molecule has 0 atom stereocenters. The molecule has 0 saturated carbocycles. The second-order valence-corrected chi connectivity index (χ2v) is 4.98. The Morgan fingerprint density at radius 3 is 2.83 bits per heavy atom. The monoisotopic (exact) mass is 313 g/mol. The van der Waals surface area contributed by atoms with Crippen molar-refractivity contribution in [3.8, 4) is 6.07 Å². The van der Waals surface area contributed by atoms with Gasteiger partial charge in [-0.25, -0.2) is 9.50 Å². The third-order valence-corrected chi connectivity index (χ3v) is 3.51. The van der Waals surface area contributed by atoms with Crippen LogP contribution in [0.3, 0.4) is 0 Å². The molecule has 0 aromatic carbocycles. The van der Waals surface area contributed by atoms with E-state index in [1.54, 1.807) is 13.8 Å². The first-order valence-electron chi connectivity index (χ1n) is 6.61. The van der Waals surface area contributed by atoms with E-state index in [0.717, 1.165) is 4.52 Å². The minimum atomic E-state index is -0.486. The number of aromatic amines is 1. The van der Waals surface area contributed by atoms with Gasteiger partial charge in [0.15, 0.2) is 5.65 Å². The van der Waals surface area contributed by atoms with E-state index in [1.165, 1.54) is 16.9 Å². The molecule has 3 aromatic rings. The number of nitriles is 1. The van der Waals surface area contributed by atoms with Crippen molar-refractivity contribution in [3.05, 3.63) is 55.4 Å². The van der Waals surface area contributed by atoms with E-state index in [1.807, 2.05) is 6.07 Å². The van der Waals surface area contributed by atoms with Crippen LogP contribution in [0, 0.1) is 35.3 Å². The van der Waals surface area contributed by atoms with Crippen LogP contribution in [0.1, 0.15) is 22.6 Å². The third kappa shape index (κ3) is 2.24. The fourth-order valence-corrected chi connectivity index (χ4v) is 2.45. The molecule has 3 rings (SSSR count). The van der Waals surface area contributed by atoms with Crippen molar-refractivity contribution in [1.82, 2.24) is 24.4 Å². The summed E-state index contributed by atoms with van der Waals surface area (Å²) in [6, 6.07) is 3.24. The summed E-state index contributed by atoms with van der Waals surface area (Å²) >= 11 is 0. The van der Waals surface area contributed by atoms with Crippen molar-refractivity contribution in [2.45, 2.75) is 20.4 Å². The van der Waals surface area contributed by atoms with Gasteiger partial charge in [0.2, 0.25) is 0 Å². The van der Waals surface area contributed by atoms with Crippen LogP contribution in [-0.2, 0) is 6.54 Å². The molecule has 1 N–H and O–H groups in total. The standard InChI is InChI=1S/C13H11N7O3/c1-7-12(20(22)23)8(2)18(17-7)6-10-3-11(21)19-13(16-10)9(4-14)5-15-19/h3,5,15H,6H2,1-2H3. The Hall–Kier alpha value is -3.48. The zero-order valence-electron chi connectivity index (χ0n) is 12.3. The van der Waals surface area contributed by atoms with Gasteiger partial charge in [0.25, 0.3) is 5.56 Å². The highest BCUT2D eigenvalue weighted by Gasteiger charge is 2.22. The number of nitrogens with one attached hydrogen (secondary N) is 1. The van der Waals surface area contributed by atoms with E-state index in [9.17, 15) is 14.9 Å². The zero-order valence-corrected chi connectivity index (χ0v) is 12.3. The Kier molecular flexibility index (Phi) is 3.18. The maximum absolute atomic E-state index is 12.0. The number of hydrogen-bond donors (Lipinski definition) is 1. The summed E-state index contributed by atoms with van der Waals surface area (Å²) < 4.78 is 2.58. The quantitative estimate of drug-likeness (QED) is 0.557. The zero-order chi connectivity index (χ0) is 16.7. The van der Waals surface area contributed by atoms with Crippen LogP contribution in [0.2, 0.25) is 0 Å². The van der Waals surface area contributed by atoms with Gasteiger partial charge in [-0.1, -0.05) is 0 Å². The van der Waals surface area contributed by atoms with Crippen LogP contribution in [0.5, 0.6) is 0 Å². The van der Waals surface area contributed by atoms with Crippen molar-refractivity contribution < 1.29 is 4.92 Å². The van der Waals surface area contributed by atoms with Gasteiger partial charge in [-0.2, -0.15) is 10.4 Å². The van der Waals surface area contributed by atoms with Gasteiger partial charge in [-0.3, -0.25) is 24.7 Å². The molecule has 3 heterocycles. The molecule has 3 aromatic heterocycles. The van der Waals surface area contributed by atoms with E-state index in [2.05, 4.69) is 15.2 Å². The van der Waals surface area contributed by atoms with Crippen molar-refractivity contribution in [2.24, 2.45) is 0 Å². The van der Waals surface area contributed by atoms with Gasteiger partial charge in [0.05, 0.1) is 17.2 Å². The number of nitrogens with zero attached hydrogens (tertiary/aromatic N) is 6. The number of rotatable bonds is 3. The van der Waals surface area contributed by atoms with Gasteiger partial charge in [0, 0.05) is 12.3 Å². The first kappa shape index (κ1) is 14.5. The van der Waals surface area contributed by atoms with Crippen molar-refractivity contribution in [1.29, 1.82) is 5.26 Å². The molecule has 0 amide bonds. The second-order valence-electron chi connectivity index (χ2n) is 4.98. The Bertz CT molecular complexity index is 1030. The van der Waals surface area contributed by atoms with E-state index < -0.39 is 4.92 Å². The molecule has 0 aliphatic rings. The van der Waals surface area contributed by atoms with Crippen molar-refractivity contribution in [3.63, 3.8) is 0 Å². The molecule has 116 valence electrons. The molecular formula is C13H11N7O3. The Morgan fingerprint density at radius 1 is 1.48 bits per heavy atom. The molecule has 0 radical (unpaired) electrons. The molecule has 0 saturated heterocycles. The predicted octanol–water partition coefficient (Wildman–Crippen LogP) is 0.664. The summed E-state index contributed by atoms with van der Waals surface area (Å²) in [4.78, 5) is 26.8. The van der Waals surface area contributed by atoms with Gasteiger partial charge >= 0.3 is 5.69 Å². The lowest BCUT2D eigenvalue weighted by Gasteiger charge is -2.03. The van der Waals surface area contributed by atoms with Gasteiger partial charge in [-0.05, 0) is 13.8 Å². The number of fused-ring (bicyclic) bond motifs is 1. The summed E-state index contributed by atoms with van der Waals surface area (Å²) in [5.41, 5.74) is 1.07. The van der Waals surface area contributed by atoms with Crippen LogP contribution in [0.15, 0.2) is 17.1 Å². The molecule has 0 aliphatic carbocycles. The summed E-state index contributed by atoms with van der Waals surface area (Å²) in [5, 5.41) is 26.8. The van der Waals surface area contributed by atoms with Crippen LogP contribution in [0.4, 0.5) is 5.69 Å². The molecule has 10 nitrogen and oxygen atoms in total. The Morgan fingerprint density at radius 2 is 2.22 bits per heavy atom. The lowest BCUT2D eigenvalue weighted by Crippen LogP contribution is -2.17. The van der Waals surface area contributed by atoms with Crippen LogP contribution in [0.25, 0.3) is 5.65 Å². The number of H-pyrrole nitrogens is 1. The lowest BCUT2D eigenvalue weighted by molar-refractivity contribution is -0.386. The highest BCUT2D eigenvalue weighted by Crippen LogP contribution is 2.22. The lowest BCUT2D eigenvalue weighted by atomic mass is 10.3. The normalized spacial score (nSPS) is 10.8. The fourth-order valence-electron chi connectivity index (χ4n) is 2.45. The second kappa shape index (κ2) is 5.06. The average Bonchev–Trinajstić information content (AvgIpc) is 3.00. The number of nitro groups is 1. The molecule has 0 aliphatic heterocycles. The van der Waals surface area contributed by atoms with Crippen LogP contribution >= 0.6 is 0 Å². The molecule has 0 bridgehead atoms. The maximum Gasteiger partial charge on any atom is 0.312 e. The minimum Gasteiger partial charge on any atom is -0.295 e.